The Kier molecular flexibility index (Phi) is 3.98. The topological polar surface area (TPSA) is 53.6 Å². The molecular formula is C14H16N4. The second kappa shape index (κ2) is 5.87. The van der Waals surface area contributed by atoms with Crippen molar-refractivity contribution in [2.75, 3.05) is 5.32 Å². The van der Waals surface area contributed by atoms with Crippen molar-refractivity contribution in [2.24, 2.45) is 0 Å². The first-order valence-corrected chi connectivity index (χ1v) is 6.02. The first-order valence-electron chi connectivity index (χ1n) is 6.02. The summed E-state index contributed by atoms with van der Waals surface area (Å²) < 4.78 is 1.92. The molecule has 0 fully saturated rings. The highest BCUT2D eigenvalue weighted by Gasteiger charge is 2.03. The van der Waals surface area contributed by atoms with E-state index in [1.165, 1.54) is 0 Å². The lowest BCUT2D eigenvalue weighted by Gasteiger charge is -2.15. The summed E-state index contributed by atoms with van der Waals surface area (Å²) in [5.41, 5.74) is 1.67. The van der Waals surface area contributed by atoms with Gasteiger partial charge in [0.25, 0.3) is 0 Å². The Morgan fingerprint density at radius 2 is 2.33 bits per heavy atom. The fourth-order valence-electron chi connectivity index (χ4n) is 1.79. The number of nitrogens with zero attached hydrogens (tertiary/aromatic N) is 3. The van der Waals surface area contributed by atoms with Crippen LogP contribution in [-0.4, -0.2) is 15.8 Å². The van der Waals surface area contributed by atoms with Crippen LogP contribution in [0.15, 0.2) is 42.7 Å². The molecule has 0 saturated heterocycles. The molecule has 4 heteroatoms. The highest BCUT2D eigenvalue weighted by molar-refractivity contribution is 5.49. The zero-order valence-electron chi connectivity index (χ0n) is 10.4. The van der Waals surface area contributed by atoms with Gasteiger partial charge in [0, 0.05) is 30.7 Å². The zero-order valence-corrected chi connectivity index (χ0v) is 10.4. The van der Waals surface area contributed by atoms with Crippen molar-refractivity contribution in [3.8, 4) is 6.07 Å². The second-order valence-corrected chi connectivity index (χ2v) is 4.30. The van der Waals surface area contributed by atoms with E-state index in [9.17, 15) is 0 Å². The Labute approximate surface area is 107 Å². The Morgan fingerprint density at radius 1 is 1.44 bits per heavy atom. The average Bonchev–Trinajstić information content (AvgIpc) is 2.90. The molecule has 0 spiro atoms. The van der Waals surface area contributed by atoms with Gasteiger partial charge in [-0.05, 0) is 37.6 Å². The van der Waals surface area contributed by atoms with Crippen LogP contribution in [0.25, 0.3) is 0 Å². The number of aryl methyl sites for hydroxylation is 1. The zero-order chi connectivity index (χ0) is 12.8. The highest BCUT2D eigenvalue weighted by atomic mass is 15.3. The number of nitriles is 1. The fourth-order valence-corrected chi connectivity index (χ4v) is 1.79. The number of hydrogen-bond acceptors (Lipinski definition) is 3. The summed E-state index contributed by atoms with van der Waals surface area (Å²) in [5.74, 6) is 0. The lowest BCUT2D eigenvalue weighted by molar-refractivity contribution is 0.546. The molecule has 0 bridgehead atoms. The van der Waals surface area contributed by atoms with E-state index in [-0.39, 0.29) is 0 Å². The number of aromatic nitrogens is 2. The van der Waals surface area contributed by atoms with Gasteiger partial charge in [0.15, 0.2) is 0 Å². The molecule has 18 heavy (non-hydrogen) atoms. The standard InChI is InChI=1S/C14H16N4/c1-12(6-9-18-8-3-7-16-18)17-14-5-2-4-13(10-14)11-15/h2-5,7-8,10,12,17H,6,9H2,1H3/t12-/m0/s1. The van der Waals surface area contributed by atoms with Crippen LogP contribution in [0, 0.1) is 11.3 Å². The molecule has 1 atom stereocenters. The van der Waals surface area contributed by atoms with Crippen LogP contribution in [0.5, 0.6) is 0 Å². The lowest BCUT2D eigenvalue weighted by Crippen LogP contribution is -2.17. The first kappa shape index (κ1) is 12.2. The van der Waals surface area contributed by atoms with Gasteiger partial charge < -0.3 is 5.32 Å². The minimum Gasteiger partial charge on any atom is -0.382 e. The molecular weight excluding hydrogens is 224 g/mol. The summed E-state index contributed by atoms with van der Waals surface area (Å²) in [6.07, 6.45) is 4.73. The quantitative estimate of drug-likeness (QED) is 0.874. The monoisotopic (exact) mass is 240 g/mol. The third kappa shape index (κ3) is 3.36. The van der Waals surface area contributed by atoms with Crippen LogP contribution in [0.2, 0.25) is 0 Å². The number of hydrogen-bond donors (Lipinski definition) is 1. The summed E-state index contributed by atoms with van der Waals surface area (Å²) in [5, 5.41) is 16.4. The van der Waals surface area contributed by atoms with Crippen LogP contribution in [-0.2, 0) is 6.54 Å². The molecule has 0 aliphatic rings. The molecule has 1 heterocycles. The summed E-state index contributed by atoms with van der Waals surface area (Å²) >= 11 is 0. The fraction of sp³-hybridized carbons (Fsp3) is 0.286. The van der Waals surface area contributed by atoms with Gasteiger partial charge in [0.1, 0.15) is 0 Å². The van der Waals surface area contributed by atoms with Crippen LogP contribution in [0.4, 0.5) is 5.69 Å². The molecule has 0 saturated carbocycles. The Bertz CT molecular complexity index is 525. The minimum atomic E-state index is 0.336. The Morgan fingerprint density at radius 3 is 3.06 bits per heavy atom. The molecule has 1 aromatic heterocycles. The minimum absolute atomic E-state index is 0.336. The SMILES string of the molecule is C[C@@H](CCn1cccn1)Nc1cccc(C#N)c1. The lowest BCUT2D eigenvalue weighted by atomic mass is 10.2. The van der Waals surface area contributed by atoms with Crippen LogP contribution >= 0.6 is 0 Å². The number of nitrogens with one attached hydrogen (secondary N) is 1. The molecule has 0 aliphatic carbocycles. The van der Waals surface area contributed by atoms with E-state index in [1.54, 1.807) is 12.3 Å². The van der Waals surface area contributed by atoms with E-state index in [0.29, 0.717) is 11.6 Å². The molecule has 4 nitrogen and oxygen atoms in total. The predicted octanol–water partition coefficient (Wildman–Crippen LogP) is 2.65. The van der Waals surface area contributed by atoms with E-state index in [1.807, 2.05) is 35.1 Å². The van der Waals surface area contributed by atoms with Gasteiger partial charge in [-0.15, -0.1) is 0 Å². The summed E-state index contributed by atoms with van der Waals surface area (Å²) in [6.45, 7) is 3.02. The second-order valence-electron chi connectivity index (χ2n) is 4.30. The summed E-state index contributed by atoms with van der Waals surface area (Å²) in [6, 6.07) is 11.9. The average molecular weight is 240 g/mol. The van der Waals surface area contributed by atoms with Crippen molar-refractivity contribution >= 4 is 5.69 Å². The Hall–Kier alpha value is -2.28. The maximum absolute atomic E-state index is 8.84. The molecule has 0 aliphatic heterocycles. The van der Waals surface area contributed by atoms with E-state index in [4.69, 9.17) is 5.26 Å². The van der Waals surface area contributed by atoms with Crippen LogP contribution in [0.3, 0.4) is 0 Å². The molecule has 2 aromatic rings. The normalized spacial score (nSPS) is 11.8. The Balaban J connectivity index is 1.87. The van der Waals surface area contributed by atoms with Gasteiger partial charge in [-0.2, -0.15) is 10.4 Å². The molecule has 1 N–H and O–H groups in total. The number of benzene rings is 1. The van der Waals surface area contributed by atoms with Crippen LogP contribution in [0.1, 0.15) is 18.9 Å². The predicted molar refractivity (Wildman–Crippen MR) is 71.1 cm³/mol. The largest absolute Gasteiger partial charge is 0.382 e. The molecule has 0 amide bonds. The van der Waals surface area contributed by atoms with Gasteiger partial charge in [-0.25, -0.2) is 0 Å². The van der Waals surface area contributed by atoms with Crippen molar-refractivity contribution in [2.45, 2.75) is 25.9 Å². The van der Waals surface area contributed by atoms with E-state index in [2.05, 4.69) is 23.4 Å². The summed E-state index contributed by atoms with van der Waals surface area (Å²) in [4.78, 5) is 0. The molecule has 0 radical (unpaired) electrons. The molecule has 92 valence electrons. The molecule has 1 aromatic carbocycles. The maximum atomic E-state index is 8.84. The van der Waals surface area contributed by atoms with Crippen molar-refractivity contribution in [1.82, 2.24) is 9.78 Å². The first-order chi connectivity index (χ1) is 8.78. The van der Waals surface area contributed by atoms with Gasteiger partial charge >= 0.3 is 0 Å². The van der Waals surface area contributed by atoms with E-state index >= 15 is 0 Å². The van der Waals surface area contributed by atoms with Crippen molar-refractivity contribution in [1.29, 1.82) is 5.26 Å². The van der Waals surface area contributed by atoms with Crippen LogP contribution < -0.4 is 5.32 Å². The van der Waals surface area contributed by atoms with E-state index < -0.39 is 0 Å². The van der Waals surface area contributed by atoms with Gasteiger partial charge in [0.05, 0.1) is 11.6 Å². The summed E-state index contributed by atoms with van der Waals surface area (Å²) in [7, 11) is 0. The maximum Gasteiger partial charge on any atom is 0.0992 e. The smallest absolute Gasteiger partial charge is 0.0992 e. The van der Waals surface area contributed by atoms with Crippen molar-refractivity contribution < 1.29 is 0 Å². The van der Waals surface area contributed by atoms with Gasteiger partial charge in [-0.1, -0.05) is 6.07 Å². The van der Waals surface area contributed by atoms with E-state index in [0.717, 1.165) is 18.7 Å². The van der Waals surface area contributed by atoms with Crippen molar-refractivity contribution in [3.63, 3.8) is 0 Å². The number of rotatable bonds is 5. The van der Waals surface area contributed by atoms with Crippen molar-refractivity contribution in [3.05, 3.63) is 48.3 Å². The third-order valence-electron chi connectivity index (χ3n) is 2.76. The molecule has 0 unspecified atom stereocenters. The highest BCUT2D eigenvalue weighted by Crippen LogP contribution is 2.12. The van der Waals surface area contributed by atoms with Gasteiger partial charge in [-0.3, -0.25) is 4.68 Å². The third-order valence-corrected chi connectivity index (χ3v) is 2.76. The number of anilines is 1. The van der Waals surface area contributed by atoms with Gasteiger partial charge in [0.2, 0.25) is 0 Å². The molecule has 2 rings (SSSR count).